The first-order valence-electron chi connectivity index (χ1n) is 8.85. The van der Waals surface area contributed by atoms with Gasteiger partial charge in [0.25, 0.3) is 5.91 Å². The van der Waals surface area contributed by atoms with E-state index < -0.39 is 5.97 Å². The number of rotatable bonds is 5. The first-order chi connectivity index (χ1) is 13.0. The largest absolute Gasteiger partial charge is 0.465 e. The van der Waals surface area contributed by atoms with E-state index in [1.807, 2.05) is 24.0 Å². The van der Waals surface area contributed by atoms with Crippen LogP contribution in [0.4, 0.5) is 5.69 Å². The number of nitrogens with one attached hydrogen (secondary N) is 1. The lowest BCUT2D eigenvalue weighted by Gasteiger charge is -2.15. The number of methoxy groups -OCH3 is 1. The van der Waals surface area contributed by atoms with E-state index in [9.17, 15) is 14.4 Å². The van der Waals surface area contributed by atoms with Crippen LogP contribution in [0.15, 0.2) is 42.5 Å². The quantitative estimate of drug-likeness (QED) is 0.825. The van der Waals surface area contributed by atoms with Crippen molar-refractivity contribution >= 4 is 23.5 Å². The second-order valence-corrected chi connectivity index (χ2v) is 6.59. The summed E-state index contributed by atoms with van der Waals surface area (Å²) in [6.07, 6.45) is 1.52. The van der Waals surface area contributed by atoms with Crippen molar-refractivity contribution in [1.29, 1.82) is 0 Å². The molecule has 1 aliphatic rings. The van der Waals surface area contributed by atoms with Crippen molar-refractivity contribution in [3.8, 4) is 0 Å². The molecule has 1 N–H and O–H groups in total. The number of carbonyl (C=O) groups is 3. The van der Waals surface area contributed by atoms with Crippen LogP contribution in [0, 0.1) is 6.92 Å². The number of aryl methyl sites for hydroxylation is 1. The Bertz CT molecular complexity index is 874. The van der Waals surface area contributed by atoms with Crippen LogP contribution in [0.5, 0.6) is 0 Å². The topological polar surface area (TPSA) is 75.7 Å². The van der Waals surface area contributed by atoms with E-state index in [0.717, 1.165) is 24.1 Å². The lowest BCUT2D eigenvalue weighted by molar-refractivity contribution is -0.128. The van der Waals surface area contributed by atoms with Gasteiger partial charge < -0.3 is 15.0 Å². The molecule has 1 saturated heterocycles. The van der Waals surface area contributed by atoms with E-state index in [1.54, 1.807) is 30.3 Å². The summed E-state index contributed by atoms with van der Waals surface area (Å²) in [6, 6.07) is 12.2. The Morgan fingerprint density at radius 2 is 1.81 bits per heavy atom. The molecule has 0 saturated carbocycles. The summed E-state index contributed by atoms with van der Waals surface area (Å²) in [5.74, 6) is -0.534. The molecule has 0 radical (unpaired) electrons. The molecule has 0 bridgehead atoms. The van der Waals surface area contributed by atoms with Gasteiger partial charge in [0.05, 0.1) is 12.7 Å². The van der Waals surface area contributed by atoms with Crippen LogP contribution in [-0.2, 0) is 16.1 Å². The predicted octanol–water partition coefficient (Wildman–Crippen LogP) is 3.16. The smallest absolute Gasteiger partial charge is 0.337 e. The fourth-order valence-corrected chi connectivity index (χ4v) is 3.05. The number of esters is 1. The van der Waals surface area contributed by atoms with Crippen molar-refractivity contribution < 1.29 is 19.1 Å². The Morgan fingerprint density at radius 1 is 1.11 bits per heavy atom. The fourth-order valence-electron chi connectivity index (χ4n) is 3.05. The molecule has 1 fully saturated rings. The van der Waals surface area contributed by atoms with E-state index in [4.69, 9.17) is 4.74 Å². The molecule has 1 heterocycles. The highest BCUT2D eigenvalue weighted by molar-refractivity contribution is 6.05. The maximum Gasteiger partial charge on any atom is 0.337 e. The molecule has 0 unspecified atom stereocenters. The molecule has 0 aromatic heterocycles. The lowest BCUT2D eigenvalue weighted by atomic mass is 10.1. The second-order valence-electron chi connectivity index (χ2n) is 6.59. The van der Waals surface area contributed by atoms with Gasteiger partial charge in [-0.15, -0.1) is 0 Å². The fraction of sp³-hybridized carbons (Fsp3) is 0.286. The number of likely N-dealkylation sites (tertiary alicyclic amines) is 1. The number of carbonyl (C=O) groups excluding carboxylic acids is 3. The van der Waals surface area contributed by atoms with Crippen molar-refractivity contribution in [2.45, 2.75) is 26.3 Å². The zero-order valence-corrected chi connectivity index (χ0v) is 15.5. The normalized spacial score (nSPS) is 13.6. The Hall–Kier alpha value is -3.15. The number of benzene rings is 2. The first kappa shape index (κ1) is 18.6. The van der Waals surface area contributed by atoms with E-state index >= 15 is 0 Å². The van der Waals surface area contributed by atoms with Gasteiger partial charge in [-0.25, -0.2) is 4.79 Å². The third kappa shape index (κ3) is 4.34. The third-order valence-corrected chi connectivity index (χ3v) is 4.67. The average molecular weight is 366 g/mol. The van der Waals surface area contributed by atoms with E-state index in [-0.39, 0.29) is 11.8 Å². The molecule has 6 nitrogen and oxygen atoms in total. The van der Waals surface area contributed by atoms with Crippen molar-refractivity contribution in [3.05, 3.63) is 64.7 Å². The summed E-state index contributed by atoms with van der Waals surface area (Å²) in [7, 11) is 1.32. The average Bonchev–Trinajstić information content (AvgIpc) is 3.08. The molecule has 2 aromatic rings. The number of hydrogen-bond acceptors (Lipinski definition) is 4. The van der Waals surface area contributed by atoms with Crippen LogP contribution < -0.4 is 5.32 Å². The monoisotopic (exact) mass is 366 g/mol. The molecule has 2 aromatic carbocycles. The maximum absolute atomic E-state index is 12.5. The molecule has 1 aliphatic heterocycles. The van der Waals surface area contributed by atoms with Gasteiger partial charge in [-0.1, -0.05) is 18.2 Å². The first-order valence-corrected chi connectivity index (χ1v) is 8.85. The SMILES string of the molecule is COC(=O)c1ccc(C)c(NC(=O)c2ccc(CN3CCCC3=O)cc2)c1. The standard InChI is InChI=1S/C21H22N2O4/c1-14-5-8-17(21(26)27-2)12-18(14)22-20(25)16-9-6-15(7-10-16)13-23-11-3-4-19(23)24/h5-10,12H,3-4,11,13H2,1-2H3,(H,22,25). The van der Waals surface area contributed by atoms with Crippen LogP contribution in [0.1, 0.15) is 44.7 Å². The molecular formula is C21H22N2O4. The number of hydrogen-bond donors (Lipinski definition) is 1. The summed E-state index contributed by atoms with van der Waals surface area (Å²) in [5, 5.41) is 2.83. The Kier molecular flexibility index (Phi) is 5.54. The minimum atomic E-state index is -0.452. The molecule has 3 rings (SSSR count). The molecule has 140 valence electrons. The van der Waals surface area contributed by atoms with Gasteiger partial charge in [0.1, 0.15) is 0 Å². The van der Waals surface area contributed by atoms with Crippen LogP contribution in [0.2, 0.25) is 0 Å². The second kappa shape index (κ2) is 8.03. The van der Waals surface area contributed by atoms with Gasteiger partial charge in [0.15, 0.2) is 0 Å². The molecule has 0 aliphatic carbocycles. The Labute approximate surface area is 158 Å². The van der Waals surface area contributed by atoms with Crippen molar-refractivity contribution in [2.24, 2.45) is 0 Å². The number of nitrogens with zero attached hydrogens (tertiary/aromatic N) is 1. The number of anilines is 1. The van der Waals surface area contributed by atoms with Gasteiger partial charge in [0.2, 0.25) is 5.91 Å². The highest BCUT2D eigenvalue weighted by Crippen LogP contribution is 2.19. The van der Waals surface area contributed by atoms with Crippen LogP contribution in [-0.4, -0.2) is 36.3 Å². The molecule has 0 spiro atoms. The third-order valence-electron chi connectivity index (χ3n) is 4.67. The molecule has 27 heavy (non-hydrogen) atoms. The summed E-state index contributed by atoms with van der Waals surface area (Å²) in [6.45, 7) is 3.21. The summed E-state index contributed by atoms with van der Waals surface area (Å²) in [5.41, 5.74) is 3.29. The van der Waals surface area contributed by atoms with E-state index in [1.165, 1.54) is 7.11 Å². The lowest BCUT2D eigenvalue weighted by Crippen LogP contribution is -2.23. The van der Waals surface area contributed by atoms with Crippen LogP contribution >= 0.6 is 0 Å². The molecule has 2 amide bonds. The van der Waals surface area contributed by atoms with E-state index in [0.29, 0.717) is 29.8 Å². The predicted molar refractivity (Wildman–Crippen MR) is 102 cm³/mol. The Morgan fingerprint density at radius 3 is 2.44 bits per heavy atom. The number of amides is 2. The highest BCUT2D eigenvalue weighted by Gasteiger charge is 2.20. The Balaban J connectivity index is 1.69. The zero-order chi connectivity index (χ0) is 19.4. The van der Waals surface area contributed by atoms with Crippen LogP contribution in [0.25, 0.3) is 0 Å². The van der Waals surface area contributed by atoms with Gasteiger partial charge in [-0.3, -0.25) is 9.59 Å². The molecular weight excluding hydrogens is 344 g/mol. The van der Waals surface area contributed by atoms with Crippen molar-refractivity contribution in [1.82, 2.24) is 4.90 Å². The summed E-state index contributed by atoms with van der Waals surface area (Å²) in [4.78, 5) is 37.8. The number of ether oxygens (including phenoxy) is 1. The zero-order valence-electron chi connectivity index (χ0n) is 15.5. The molecule has 0 atom stereocenters. The van der Waals surface area contributed by atoms with Gasteiger partial charge in [-0.05, 0) is 48.7 Å². The van der Waals surface area contributed by atoms with Gasteiger partial charge >= 0.3 is 5.97 Å². The van der Waals surface area contributed by atoms with E-state index in [2.05, 4.69) is 5.32 Å². The highest BCUT2D eigenvalue weighted by atomic mass is 16.5. The van der Waals surface area contributed by atoms with Gasteiger partial charge in [0, 0.05) is 30.8 Å². The minimum Gasteiger partial charge on any atom is -0.465 e. The maximum atomic E-state index is 12.5. The summed E-state index contributed by atoms with van der Waals surface area (Å²) >= 11 is 0. The van der Waals surface area contributed by atoms with Gasteiger partial charge in [-0.2, -0.15) is 0 Å². The van der Waals surface area contributed by atoms with Crippen molar-refractivity contribution in [2.75, 3.05) is 19.0 Å². The minimum absolute atomic E-state index is 0.179. The van der Waals surface area contributed by atoms with Crippen LogP contribution in [0.3, 0.4) is 0 Å². The van der Waals surface area contributed by atoms with Crippen molar-refractivity contribution in [3.63, 3.8) is 0 Å². The summed E-state index contributed by atoms with van der Waals surface area (Å²) < 4.78 is 4.72. The molecule has 6 heteroatoms.